The number of rotatable bonds is 7. The Kier molecular flexibility index (Phi) is 8.25. The molecule has 2 aliphatic heterocycles. The van der Waals surface area contributed by atoms with Gasteiger partial charge in [-0.05, 0) is 61.9 Å². The first-order valence-corrected chi connectivity index (χ1v) is 14.4. The third kappa shape index (κ3) is 5.54. The number of aromatic hydroxyl groups is 1. The summed E-state index contributed by atoms with van der Waals surface area (Å²) in [4.78, 5) is 64.8. The number of aryl methyl sites for hydroxylation is 1. The predicted octanol–water partition coefficient (Wildman–Crippen LogP) is 1.58. The van der Waals surface area contributed by atoms with E-state index in [-0.39, 0.29) is 24.7 Å². The number of benzene rings is 1. The Morgan fingerprint density at radius 1 is 1.05 bits per heavy atom. The lowest BCUT2D eigenvalue weighted by molar-refractivity contribution is -0.154. The molecule has 0 atom stereocenters. The van der Waals surface area contributed by atoms with E-state index in [0.717, 1.165) is 5.69 Å². The van der Waals surface area contributed by atoms with Gasteiger partial charge in [0.25, 0.3) is 11.5 Å². The van der Waals surface area contributed by atoms with Crippen LogP contribution in [0.4, 0.5) is 4.39 Å². The van der Waals surface area contributed by atoms with Crippen molar-refractivity contribution < 1.29 is 23.9 Å². The van der Waals surface area contributed by atoms with Crippen molar-refractivity contribution in [1.82, 2.24) is 35.0 Å². The van der Waals surface area contributed by atoms with Crippen LogP contribution < -0.4 is 16.2 Å². The van der Waals surface area contributed by atoms with Gasteiger partial charge in [0.1, 0.15) is 17.2 Å². The number of amides is 3. The zero-order chi connectivity index (χ0) is 31.8. The Morgan fingerprint density at radius 3 is 2.41 bits per heavy atom. The summed E-state index contributed by atoms with van der Waals surface area (Å²) in [6, 6.07) is 9.99. The molecule has 0 spiro atoms. The fourth-order valence-electron chi connectivity index (χ4n) is 6.14. The van der Waals surface area contributed by atoms with Crippen molar-refractivity contribution in [3.63, 3.8) is 0 Å². The number of carbonyl (C=O) groups excluding carboxylic acids is 3. The molecule has 4 heterocycles. The quantitative estimate of drug-likeness (QED) is 0.344. The molecule has 0 unspecified atom stereocenters. The minimum Gasteiger partial charge on any atom is -0.501 e. The summed E-state index contributed by atoms with van der Waals surface area (Å²) >= 11 is 0. The van der Waals surface area contributed by atoms with Gasteiger partial charge in [-0.3, -0.25) is 28.7 Å². The normalized spacial score (nSPS) is 20.4. The first-order valence-electron chi connectivity index (χ1n) is 14.4. The summed E-state index contributed by atoms with van der Waals surface area (Å²) in [6.07, 6.45) is 3.42. The van der Waals surface area contributed by atoms with E-state index >= 15 is 0 Å². The number of likely N-dealkylation sites (N-methyl/N-ethyl adjacent to an activating group) is 2. The number of hydrogen-bond acceptors (Lipinski definition) is 8. The molecule has 12 nitrogen and oxygen atoms in total. The highest BCUT2D eigenvalue weighted by atomic mass is 19.1. The minimum absolute atomic E-state index is 0.000905. The number of aromatic nitrogens is 3. The molecule has 1 aromatic carbocycles. The van der Waals surface area contributed by atoms with Crippen LogP contribution in [0.15, 0.2) is 47.4 Å². The van der Waals surface area contributed by atoms with Crippen molar-refractivity contribution in [2.75, 3.05) is 21.1 Å². The van der Waals surface area contributed by atoms with E-state index in [0.29, 0.717) is 43.4 Å². The third-order valence-corrected chi connectivity index (χ3v) is 8.85. The van der Waals surface area contributed by atoms with Crippen LogP contribution in [0, 0.1) is 12.7 Å². The Morgan fingerprint density at radius 2 is 1.77 bits per heavy atom. The Hall–Kier alpha value is -4.65. The first kappa shape index (κ1) is 30.8. The van der Waals surface area contributed by atoms with Gasteiger partial charge in [0, 0.05) is 52.5 Å². The molecule has 13 heteroatoms. The topological polar surface area (TPSA) is 150 Å². The van der Waals surface area contributed by atoms with Gasteiger partial charge < -0.3 is 25.5 Å². The van der Waals surface area contributed by atoms with Gasteiger partial charge in [0.05, 0.1) is 5.69 Å². The highest BCUT2D eigenvalue weighted by molar-refractivity contribution is 6.34. The molecular formula is C31H36FN7O5. The van der Waals surface area contributed by atoms with Crippen molar-refractivity contribution in [3.05, 3.63) is 87.1 Å². The van der Waals surface area contributed by atoms with Crippen molar-refractivity contribution in [3.8, 4) is 5.75 Å². The predicted molar refractivity (Wildman–Crippen MR) is 158 cm³/mol. The summed E-state index contributed by atoms with van der Waals surface area (Å²) < 4.78 is 15.0. The number of halogens is 1. The van der Waals surface area contributed by atoms with E-state index in [9.17, 15) is 28.7 Å². The number of carbonyl (C=O) groups is 3. The maximum Gasteiger partial charge on any atom is 0.312 e. The minimum atomic E-state index is -1.20. The van der Waals surface area contributed by atoms with Crippen LogP contribution in [0.25, 0.3) is 0 Å². The van der Waals surface area contributed by atoms with Crippen LogP contribution in [0.3, 0.4) is 0 Å². The molecule has 1 saturated carbocycles. The molecule has 44 heavy (non-hydrogen) atoms. The maximum atomic E-state index is 13.8. The molecule has 6 rings (SSSR count). The highest BCUT2D eigenvalue weighted by Crippen LogP contribution is 2.48. The fraction of sp³-hybridized carbons (Fsp3) is 0.419. The van der Waals surface area contributed by atoms with Gasteiger partial charge in [-0.1, -0.05) is 18.2 Å². The van der Waals surface area contributed by atoms with E-state index in [1.54, 1.807) is 19.2 Å². The smallest absolute Gasteiger partial charge is 0.312 e. The van der Waals surface area contributed by atoms with Gasteiger partial charge >= 0.3 is 11.8 Å². The van der Waals surface area contributed by atoms with E-state index < -0.39 is 45.8 Å². The fourth-order valence-corrected chi connectivity index (χ4v) is 6.14. The van der Waals surface area contributed by atoms with Crippen LogP contribution in [-0.2, 0) is 34.8 Å². The van der Waals surface area contributed by atoms with E-state index in [4.69, 9.17) is 0 Å². The van der Waals surface area contributed by atoms with Crippen LogP contribution >= 0.6 is 0 Å². The van der Waals surface area contributed by atoms with Crippen molar-refractivity contribution in [2.24, 2.45) is 0 Å². The molecule has 3 N–H and O–H groups in total. The second kappa shape index (κ2) is 11.8. The maximum absolute atomic E-state index is 13.8. The number of nitrogens with one attached hydrogen (secondary N) is 2. The number of pyridine rings is 1. The summed E-state index contributed by atoms with van der Waals surface area (Å²) in [5, 5.41) is 17.2. The molecule has 3 amide bonds. The molecule has 2 bridgehead atoms. The lowest BCUT2D eigenvalue weighted by atomic mass is 9.72. The van der Waals surface area contributed by atoms with Crippen LogP contribution in [0.1, 0.15) is 58.8 Å². The third-order valence-electron chi connectivity index (χ3n) is 8.85. The monoisotopic (exact) mass is 605 g/mol. The van der Waals surface area contributed by atoms with Crippen LogP contribution in [0.2, 0.25) is 0 Å². The lowest BCUT2D eigenvalue weighted by Gasteiger charge is -2.46. The summed E-state index contributed by atoms with van der Waals surface area (Å²) in [5.41, 5.74) is -1.29. The van der Waals surface area contributed by atoms with Crippen molar-refractivity contribution >= 4 is 17.7 Å². The molecule has 232 valence electrons. The SMILES string of the molecule is Cc1cc(CNC(=O)c2nc3n(c(=O)c2O)CC2(NCc4ccccn4)CCC3(N(C)C(=O)C(=O)N(C)C)CC2)ccc1F. The number of fused-ring (bicyclic) bond motifs is 2. The Balaban J connectivity index is 1.55. The molecule has 3 aliphatic rings. The zero-order valence-corrected chi connectivity index (χ0v) is 25.2. The van der Waals surface area contributed by atoms with Gasteiger partial charge in [-0.25, -0.2) is 9.37 Å². The number of nitrogens with zero attached hydrogens (tertiary/aromatic N) is 5. The molecular weight excluding hydrogens is 569 g/mol. The summed E-state index contributed by atoms with van der Waals surface area (Å²) in [6.45, 7) is 2.15. The standard InChI is InChI=1S/C31H36FN7O5/c1-19-15-20(8-9-22(19)32)16-34-25(41)23-24(40)26(42)39-18-30(35-17-21-7-5-6-14-33-21)10-12-31(13-11-30,29(39)36-23)38(4)28(44)27(43)37(2)3/h5-9,14-15,35,40H,10-13,16-18H2,1-4H3,(H,34,41). The molecule has 2 aromatic heterocycles. The Bertz CT molecular complexity index is 1670. The molecule has 0 saturated heterocycles. The summed E-state index contributed by atoms with van der Waals surface area (Å²) in [5.74, 6) is -3.40. The Labute approximate surface area is 253 Å². The zero-order valence-electron chi connectivity index (χ0n) is 25.2. The van der Waals surface area contributed by atoms with Gasteiger partial charge in [0.2, 0.25) is 5.75 Å². The van der Waals surface area contributed by atoms with E-state index in [2.05, 4.69) is 20.6 Å². The van der Waals surface area contributed by atoms with Crippen molar-refractivity contribution in [1.29, 1.82) is 0 Å². The highest BCUT2D eigenvalue weighted by Gasteiger charge is 2.54. The van der Waals surface area contributed by atoms with Gasteiger partial charge in [-0.15, -0.1) is 0 Å². The second-order valence-corrected chi connectivity index (χ2v) is 11.8. The number of hydrogen-bond donors (Lipinski definition) is 3. The van der Waals surface area contributed by atoms with Gasteiger partial charge in [0.15, 0.2) is 5.69 Å². The average molecular weight is 606 g/mol. The largest absolute Gasteiger partial charge is 0.501 e. The molecule has 3 aromatic rings. The first-order chi connectivity index (χ1) is 20.9. The van der Waals surface area contributed by atoms with Crippen LogP contribution in [-0.4, -0.2) is 73.8 Å². The summed E-state index contributed by atoms with van der Waals surface area (Å²) in [7, 11) is 4.46. The van der Waals surface area contributed by atoms with Crippen molar-refractivity contribution in [2.45, 2.75) is 63.3 Å². The average Bonchev–Trinajstić information content (AvgIpc) is 3.25. The van der Waals surface area contributed by atoms with Crippen LogP contribution in [0.5, 0.6) is 5.75 Å². The molecule has 0 radical (unpaired) electrons. The molecule has 1 aliphatic carbocycles. The lowest BCUT2D eigenvalue weighted by Crippen LogP contribution is -2.56. The van der Waals surface area contributed by atoms with Gasteiger partial charge in [-0.2, -0.15) is 0 Å². The van der Waals surface area contributed by atoms with E-state index in [1.807, 2.05) is 18.2 Å². The van der Waals surface area contributed by atoms with E-state index in [1.165, 1.54) is 47.6 Å². The molecule has 1 fully saturated rings. The second-order valence-electron chi connectivity index (χ2n) is 11.8.